The van der Waals surface area contributed by atoms with Gasteiger partial charge in [-0.05, 0) is 26.2 Å². The van der Waals surface area contributed by atoms with Gasteiger partial charge in [-0.2, -0.15) is 5.10 Å². The molecule has 1 amide bonds. The molecule has 1 heterocycles. The lowest BCUT2D eigenvalue weighted by molar-refractivity contribution is 0.0936. The van der Waals surface area contributed by atoms with Crippen molar-refractivity contribution in [3.8, 4) is 0 Å². The lowest BCUT2D eigenvalue weighted by Gasteiger charge is -2.11. The number of nitrogens with one attached hydrogen (secondary N) is 1. The summed E-state index contributed by atoms with van der Waals surface area (Å²) in [6, 6.07) is -0.0258. The van der Waals surface area contributed by atoms with Gasteiger partial charge in [-0.25, -0.2) is 4.39 Å². The first-order valence-electron chi connectivity index (χ1n) is 5.51. The van der Waals surface area contributed by atoms with Crippen molar-refractivity contribution < 1.29 is 9.18 Å². The first-order chi connectivity index (χ1) is 7.58. The zero-order valence-corrected chi connectivity index (χ0v) is 9.53. The van der Waals surface area contributed by atoms with E-state index in [-0.39, 0.29) is 11.9 Å². The third-order valence-corrected chi connectivity index (χ3v) is 3.18. The number of amides is 1. The Morgan fingerprint density at radius 2 is 2.38 bits per heavy atom. The van der Waals surface area contributed by atoms with E-state index < -0.39 is 6.17 Å². The summed E-state index contributed by atoms with van der Waals surface area (Å²) in [6.07, 6.45) is 2.50. The van der Waals surface area contributed by atoms with Crippen LogP contribution >= 0.6 is 0 Å². The number of aromatic nitrogens is 2. The molecule has 0 spiro atoms. The van der Waals surface area contributed by atoms with E-state index in [0.29, 0.717) is 18.4 Å². The Morgan fingerprint density at radius 3 is 2.88 bits per heavy atom. The molecular weight excluding hydrogens is 209 g/mol. The number of carbonyl (C=O) groups is 1. The second kappa shape index (κ2) is 4.23. The molecule has 0 aliphatic heterocycles. The first-order valence-corrected chi connectivity index (χ1v) is 5.51. The second-order valence-corrected chi connectivity index (χ2v) is 4.35. The van der Waals surface area contributed by atoms with Gasteiger partial charge in [-0.15, -0.1) is 0 Å². The molecule has 16 heavy (non-hydrogen) atoms. The van der Waals surface area contributed by atoms with Crippen molar-refractivity contribution in [3.63, 3.8) is 0 Å². The predicted molar refractivity (Wildman–Crippen MR) is 57.9 cm³/mol. The van der Waals surface area contributed by atoms with Crippen LogP contribution in [0.15, 0.2) is 6.20 Å². The summed E-state index contributed by atoms with van der Waals surface area (Å²) in [6.45, 7) is 1.84. The maximum Gasteiger partial charge on any atom is 0.254 e. The molecule has 1 aromatic rings. The van der Waals surface area contributed by atoms with Crippen LogP contribution in [0.3, 0.4) is 0 Å². The van der Waals surface area contributed by atoms with Crippen molar-refractivity contribution in [2.75, 3.05) is 0 Å². The van der Waals surface area contributed by atoms with Crippen LogP contribution in [-0.2, 0) is 7.05 Å². The average Bonchev–Trinajstić information content (AvgIpc) is 2.76. The monoisotopic (exact) mass is 225 g/mol. The highest BCUT2D eigenvalue weighted by atomic mass is 19.1. The highest BCUT2D eigenvalue weighted by molar-refractivity contribution is 5.95. The van der Waals surface area contributed by atoms with Crippen LogP contribution in [0.5, 0.6) is 0 Å². The van der Waals surface area contributed by atoms with Gasteiger partial charge in [0.05, 0.1) is 11.8 Å². The van der Waals surface area contributed by atoms with Crippen molar-refractivity contribution in [1.29, 1.82) is 0 Å². The smallest absolute Gasteiger partial charge is 0.254 e. The summed E-state index contributed by atoms with van der Waals surface area (Å²) in [7, 11) is 1.79. The number of rotatable bonds is 2. The molecule has 4 nitrogen and oxygen atoms in total. The van der Waals surface area contributed by atoms with Crippen LogP contribution in [0.2, 0.25) is 0 Å². The SMILES string of the molecule is Cc1c(C(=O)N[C@@H]2CC[C@H](F)C2)cnn1C. The molecule has 1 fully saturated rings. The third-order valence-electron chi connectivity index (χ3n) is 3.18. The minimum absolute atomic E-state index is 0.0258. The van der Waals surface area contributed by atoms with Gasteiger partial charge >= 0.3 is 0 Å². The van der Waals surface area contributed by atoms with Crippen LogP contribution in [0, 0.1) is 6.92 Å². The van der Waals surface area contributed by atoms with Crippen LogP contribution < -0.4 is 5.32 Å². The van der Waals surface area contributed by atoms with Gasteiger partial charge < -0.3 is 5.32 Å². The maximum absolute atomic E-state index is 12.9. The fourth-order valence-electron chi connectivity index (χ4n) is 2.04. The molecule has 0 unspecified atom stereocenters. The van der Waals surface area contributed by atoms with Gasteiger partial charge in [0.15, 0.2) is 0 Å². The van der Waals surface area contributed by atoms with E-state index in [0.717, 1.165) is 12.1 Å². The highest BCUT2D eigenvalue weighted by Gasteiger charge is 2.26. The van der Waals surface area contributed by atoms with Gasteiger partial charge in [0.25, 0.3) is 5.91 Å². The van der Waals surface area contributed by atoms with Crippen LogP contribution in [0.4, 0.5) is 4.39 Å². The normalized spacial score (nSPS) is 24.7. The number of aryl methyl sites for hydroxylation is 1. The van der Waals surface area contributed by atoms with Gasteiger partial charge in [0.1, 0.15) is 6.17 Å². The summed E-state index contributed by atoms with van der Waals surface area (Å²) < 4.78 is 14.6. The Balaban J connectivity index is 2.01. The van der Waals surface area contributed by atoms with Gasteiger partial charge in [-0.3, -0.25) is 9.48 Å². The molecule has 1 N–H and O–H groups in total. The van der Waals surface area contributed by atoms with Crippen molar-refractivity contribution in [2.45, 2.75) is 38.4 Å². The van der Waals surface area contributed by atoms with Crippen LogP contribution in [0.1, 0.15) is 35.3 Å². The molecule has 2 atom stereocenters. The van der Waals surface area contributed by atoms with Gasteiger partial charge in [0.2, 0.25) is 0 Å². The number of carbonyl (C=O) groups excluding carboxylic acids is 1. The molecule has 2 rings (SSSR count). The second-order valence-electron chi connectivity index (χ2n) is 4.35. The molecule has 0 aromatic carbocycles. The van der Waals surface area contributed by atoms with Crippen LogP contribution in [0.25, 0.3) is 0 Å². The molecule has 1 saturated carbocycles. The van der Waals surface area contributed by atoms with Crippen LogP contribution in [-0.4, -0.2) is 27.9 Å². The van der Waals surface area contributed by atoms with E-state index in [4.69, 9.17) is 0 Å². The number of nitrogens with zero attached hydrogens (tertiary/aromatic N) is 2. The maximum atomic E-state index is 12.9. The minimum Gasteiger partial charge on any atom is -0.349 e. The lowest BCUT2D eigenvalue weighted by Crippen LogP contribution is -2.33. The quantitative estimate of drug-likeness (QED) is 0.825. The summed E-state index contributed by atoms with van der Waals surface area (Å²) >= 11 is 0. The average molecular weight is 225 g/mol. The van der Waals surface area contributed by atoms with E-state index in [9.17, 15) is 9.18 Å². The summed E-state index contributed by atoms with van der Waals surface area (Å²) in [5.74, 6) is -0.148. The lowest BCUT2D eigenvalue weighted by atomic mass is 10.2. The van der Waals surface area contributed by atoms with E-state index in [1.54, 1.807) is 17.9 Å². The first kappa shape index (κ1) is 11.1. The van der Waals surface area contributed by atoms with Crippen molar-refractivity contribution in [3.05, 3.63) is 17.5 Å². The number of hydrogen-bond donors (Lipinski definition) is 1. The van der Waals surface area contributed by atoms with Crippen molar-refractivity contribution in [2.24, 2.45) is 7.05 Å². The van der Waals surface area contributed by atoms with E-state index in [2.05, 4.69) is 10.4 Å². The Hall–Kier alpha value is -1.39. The standard InChI is InChI=1S/C11H16FN3O/c1-7-10(6-13-15(7)2)11(16)14-9-4-3-8(12)5-9/h6,8-9H,3-5H2,1-2H3,(H,14,16)/t8-,9+/m0/s1. The molecule has 0 radical (unpaired) electrons. The molecule has 5 heteroatoms. The number of hydrogen-bond acceptors (Lipinski definition) is 2. The Labute approximate surface area is 93.8 Å². The van der Waals surface area contributed by atoms with E-state index in [1.165, 1.54) is 0 Å². The van der Waals surface area contributed by atoms with E-state index >= 15 is 0 Å². The Bertz CT molecular complexity index is 402. The van der Waals surface area contributed by atoms with Gasteiger partial charge in [-0.1, -0.05) is 0 Å². The molecule has 1 aliphatic carbocycles. The summed E-state index contributed by atoms with van der Waals surface area (Å²) in [4.78, 5) is 11.9. The molecule has 1 aromatic heterocycles. The Kier molecular flexibility index (Phi) is 2.94. The van der Waals surface area contributed by atoms with Crippen molar-refractivity contribution >= 4 is 5.91 Å². The fraction of sp³-hybridized carbons (Fsp3) is 0.636. The molecule has 0 saturated heterocycles. The number of alkyl halides is 1. The topological polar surface area (TPSA) is 46.9 Å². The molecule has 1 aliphatic rings. The minimum atomic E-state index is -0.764. The third kappa shape index (κ3) is 2.08. The Morgan fingerprint density at radius 1 is 1.62 bits per heavy atom. The van der Waals surface area contributed by atoms with Gasteiger partial charge in [0, 0.05) is 18.8 Å². The van der Waals surface area contributed by atoms with Crippen molar-refractivity contribution in [1.82, 2.24) is 15.1 Å². The zero-order chi connectivity index (χ0) is 11.7. The summed E-state index contributed by atoms with van der Waals surface area (Å²) in [5.41, 5.74) is 1.40. The molecule has 0 bridgehead atoms. The summed E-state index contributed by atoms with van der Waals surface area (Å²) in [5, 5.41) is 6.86. The fourth-order valence-corrected chi connectivity index (χ4v) is 2.04. The van der Waals surface area contributed by atoms with E-state index in [1.807, 2.05) is 6.92 Å². The molecular formula is C11H16FN3O. The zero-order valence-electron chi connectivity index (χ0n) is 9.53. The number of halogens is 1. The highest BCUT2D eigenvalue weighted by Crippen LogP contribution is 2.22. The predicted octanol–water partition coefficient (Wildman–Crippen LogP) is 1.35. The largest absolute Gasteiger partial charge is 0.349 e. The molecule has 88 valence electrons.